The second-order valence-corrected chi connectivity index (χ2v) is 5.48. The molecule has 0 aliphatic rings. The normalized spacial score (nSPS) is 11.2. The standard InChI is InChI=1S/C11H14N2O4S/c1-5-6-12-18(16,17)10-7(2)9(11(14)15)13(4)8(10)3/h1,12H,6H2,2-4H3,(H,14,15). The molecule has 0 aliphatic carbocycles. The van der Waals surface area contributed by atoms with E-state index in [0.717, 1.165) is 0 Å². The molecule has 1 rings (SSSR count). The largest absolute Gasteiger partial charge is 0.477 e. The van der Waals surface area contributed by atoms with E-state index in [9.17, 15) is 13.2 Å². The molecule has 0 atom stereocenters. The van der Waals surface area contributed by atoms with Gasteiger partial charge in [0.15, 0.2) is 0 Å². The Labute approximate surface area is 106 Å². The molecule has 18 heavy (non-hydrogen) atoms. The third-order valence-electron chi connectivity index (χ3n) is 2.70. The van der Waals surface area contributed by atoms with Gasteiger partial charge in [0, 0.05) is 18.3 Å². The zero-order chi connectivity index (χ0) is 14.1. The van der Waals surface area contributed by atoms with E-state index in [1.54, 1.807) is 6.92 Å². The van der Waals surface area contributed by atoms with Gasteiger partial charge in [-0.2, -0.15) is 4.72 Å². The number of hydrogen-bond acceptors (Lipinski definition) is 3. The van der Waals surface area contributed by atoms with Crippen LogP contribution in [0.25, 0.3) is 0 Å². The summed E-state index contributed by atoms with van der Waals surface area (Å²) < 4.78 is 27.6. The summed E-state index contributed by atoms with van der Waals surface area (Å²) in [5, 5.41) is 9.06. The smallest absolute Gasteiger partial charge is 0.352 e. The Hall–Kier alpha value is -1.78. The first-order valence-electron chi connectivity index (χ1n) is 5.06. The van der Waals surface area contributed by atoms with E-state index < -0.39 is 16.0 Å². The highest BCUT2D eigenvalue weighted by atomic mass is 32.2. The Morgan fingerprint density at radius 1 is 1.50 bits per heavy atom. The Kier molecular flexibility index (Phi) is 3.84. The van der Waals surface area contributed by atoms with Crippen molar-refractivity contribution >= 4 is 16.0 Å². The number of nitrogens with zero attached hydrogens (tertiary/aromatic N) is 1. The topological polar surface area (TPSA) is 88.4 Å². The summed E-state index contributed by atoms with van der Waals surface area (Å²) >= 11 is 0. The minimum atomic E-state index is -3.80. The van der Waals surface area contributed by atoms with E-state index in [0.29, 0.717) is 5.69 Å². The molecule has 0 bridgehead atoms. The average molecular weight is 270 g/mol. The number of carboxylic acids is 1. The first kappa shape index (κ1) is 14.3. The SMILES string of the molecule is C#CCNS(=O)(=O)c1c(C)c(C(=O)O)n(C)c1C. The maximum Gasteiger partial charge on any atom is 0.352 e. The van der Waals surface area contributed by atoms with Crippen molar-refractivity contribution in [2.75, 3.05) is 6.54 Å². The summed E-state index contributed by atoms with van der Waals surface area (Å²) in [5.74, 6) is 0.993. The molecule has 0 fully saturated rings. The molecule has 0 aliphatic heterocycles. The van der Waals surface area contributed by atoms with Gasteiger partial charge in [-0.3, -0.25) is 0 Å². The van der Waals surface area contributed by atoms with Crippen LogP contribution in [0.2, 0.25) is 0 Å². The summed E-state index contributed by atoms with van der Waals surface area (Å²) in [7, 11) is -2.29. The van der Waals surface area contributed by atoms with Crippen LogP contribution in [0.3, 0.4) is 0 Å². The molecule has 2 N–H and O–H groups in total. The molecule has 6 nitrogen and oxygen atoms in total. The summed E-state index contributed by atoms with van der Waals surface area (Å²) in [5.41, 5.74) is 0.509. The van der Waals surface area contributed by atoms with Gasteiger partial charge in [0.25, 0.3) is 0 Å². The van der Waals surface area contributed by atoms with Crippen molar-refractivity contribution < 1.29 is 18.3 Å². The van der Waals surface area contributed by atoms with Gasteiger partial charge in [-0.15, -0.1) is 6.42 Å². The van der Waals surface area contributed by atoms with Gasteiger partial charge >= 0.3 is 5.97 Å². The fourth-order valence-electron chi connectivity index (χ4n) is 1.86. The fraction of sp³-hybridized carbons (Fsp3) is 0.364. The minimum absolute atomic E-state index is 0.0300. The third kappa shape index (κ3) is 2.25. The maximum absolute atomic E-state index is 12.0. The average Bonchev–Trinajstić information content (AvgIpc) is 2.47. The number of sulfonamides is 1. The first-order valence-corrected chi connectivity index (χ1v) is 6.54. The lowest BCUT2D eigenvalue weighted by molar-refractivity contribution is 0.0685. The molecule has 0 radical (unpaired) electrons. The van der Waals surface area contributed by atoms with Crippen molar-refractivity contribution in [3.8, 4) is 12.3 Å². The summed E-state index contributed by atoms with van der Waals surface area (Å²) in [6.07, 6.45) is 5.00. The van der Waals surface area contributed by atoms with Gasteiger partial charge in [-0.25, -0.2) is 13.2 Å². The van der Waals surface area contributed by atoms with Gasteiger partial charge < -0.3 is 9.67 Å². The van der Waals surface area contributed by atoms with Crippen LogP contribution in [0.4, 0.5) is 0 Å². The van der Waals surface area contributed by atoms with Crippen molar-refractivity contribution in [3.63, 3.8) is 0 Å². The summed E-state index contributed by atoms with van der Waals surface area (Å²) in [6.45, 7) is 2.86. The molecule has 98 valence electrons. The highest BCUT2D eigenvalue weighted by Gasteiger charge is 2.28. The van der Waals surface area contributed by atoms with E-state index in [1.165, 1.54) is 18.5 Å². The molecule has 1 aromatic heterocycles. The molecule has 0 amide bonds. The maximum atomic E-state index is 12.0. The quantitative estimate of drug-likeness (QED) is 0.768. The number of rotatable bonds is 4. The molecular formula is C11H14N2O4S. The van der Waals surface area contributed by atoms with E-state index in [2.05, 4.69) is 10.6 Å². The summed E-state index contributed by atoms with van der Waals surface area (Å²) in [4.78, 5) is 11.1. The van der Waals surface area contributed by atoms with Gasteiger partial charge in [0.2, 0.25) is 10.0 Å². The highest BCUT2D eigenvalue weighted by Crippen LogP contribution is 2.25. The Morgan fingerprint density at radius 2 is 2.06 bits per heavy atom. The van der Waals surface area contributed by atoms with Crippen LogP contribution in [0.15, 0.2) is 4.90 Å². The van der Waals surface area contributed by atoms with E-state index in [-0.39, 0.29) is 22.7 Å². The van der Waals surface area contributed by atoms with Gasteiger partial charge in [-0.05, 0) is 13.8 Å². The number of aromatic carboxylic acids is 1. The van der Waals surface area contributed by atoms with Crippen LogP contribution in [0.1, 0.15) is 21.7 Å². The van der Waals surface area contributed by atoms with Crippen LogP contribution >= 0.6 is 0 Å². The van der Waals surface area contributed by atoms with Crippen molar-refractivity contribution in [3.05, 3.63) is 17.0 Å². The van der Waals surface area contributed by atoms with E-state index >= 15 is 0 Å². The lowest BCUT2D eigenvalue weighted by Crippen LogP contribution is -2.25. The molecule has 7 heteroatoms. The van der Waals surface area contributed by atoms with Gasteiger partial charge in [-0.1, -0.05) is 5.92 Å². The predicted molar refractivity (Wildman–Crippen MR) is 65.9 cm³/mol. The van der Waals surface area contributed by atoms with Crippen molar-refractivity contribution in [1.82, 2.24) is 9.29 Å². The second kappa shape index (κ2) is 4.84. The van der Waals surface area contributed by atoms with Crippen LogP contribution in [-0.4, -0.2) is 30.6 Å². The number of carbonyl (C=O) groups is 1. The molecule has 0 saturated heterocycles. The van der Waals surface area contributed by atoms with Crippen LogP contribution in [0.5, 0.6) is 0 Å². The second-order valence-electron chi connectivity index (χ2n) is 3.78. The number of aromatic nitrogens is 1. The lowest BCUT2D eigenvalue weighted by atomic mass is 10.2. The highest BCUT2D eigenvalue weighted by molar-refractivity contribution is 7.89. The van der Waals surface area contributed by atoms with Crippen LogP contribution < -0.4 is 4.72 Å². The monoisotopic (exact) mass is 270 g/mol. The van der Waals surface area contributed by atoms with Crippen molar-refractivity contribution in [2.24, 2.45) is 7.05 Å². The van der Waals surface area contributed by atoms with E-state index in [4.69, 9.17) is 11.5 Å². The molecule has 0 spiro atoms. The number of nitrogens with one attached hydrogen (secondary N) is 1. The summed E-state index contributed by atoms with van der Waals surface area (Å²) in [6, 6.07) is 0. The van der Waals surface area contributed by atoms with Crippen molar-refractivity contribution in [2.45, 2.75) is 18.7 Å². The lowest BCUT2D eigenvalue weighted by Gasteiger charge is -2.05. The number of terminal acetylenes is 1. The zero-order valence-corrected chi connectivity index (χ0v) is 11.1. The Bertz CT molecular complexity index is 635. The first-order chi connectivity index (χ1) is 8.24. The number of carboxylic acid groups (broad SMARTS) is 1. The molecule has 0 unspecified atom stereocenters. The molecule has 0 saturated carbocycles. The molecular weight excluding hydrogens is 256 g/mol. The molecule has 0 aromatic carbocycles. The molecule has 1 heterocycles. The third-order valence-corrected chi connectivity index (χ3v) is 4.36. The fourth-order valence-corrected chi connectivity index (χ4v) is 3.30. The van der Waals surface area contributed by atoms with Gasteiger partial charge in [0.05, 0.1) is 6.54 Å². The predicted octanol–water partition coefficient (Wildman–Crippen LogP) is 0.252. The van der Waals surface area contributed by atoms with Crippen LogP contribution in [-0.2, 0) is 17.1 Å². The zero-order valence-electron chi connectivity index (χ0n) is 10.3. The van der Waals surface area contributed by atoms with Gasteiger partial charge in [0.1, 0.15) is 10.6 Å². The number of hydrogen-bond donors (Lipinski definition) is 2. The molecule has 1 aromatic rings. The Morgan fingerprint density at radius 3 is 2.44 bits per heavy atom. The van der Waals surface area contributed by atoms with E-state index in [1.807, 2.05) is 0 Å². The van der Waals surface area contributed by atoms with Crippen LogP contribution in [0, 0.1) is 26.2 Å². The minimum Gasteiger partial charge on any atom is -0.477 e. The Balaban J connectivity index is 3.49. The van der Waals surface area contributed by atoms with Crippen molar-refractivity contribution in [1.29, 1.82) is 0 Å².